The zero-order valence-electron chi connectivity index (χ0n) is 27.0. The molecule has 51 heavy (non-hydrogen) atoms. The van der Waals surface area contributed by atoms with Crippen LogP contribution < -0.4 is 15.9 Å². The van der Waals surface area contributed by atoms with Crippen molar-refractivity contribution in [2.45, 2.75) is 0 Å². The van der Waals surface area contributed by atoms with Gasteiger partial charge < -0.3 is 8.98 Å². The Hall–Kier alpha value is -6.36. The molecule has 0 aliphatic heterocycles. The van der Waals surface area contributed by atoms with E-state index in [1.54, 1.807) is 18.2 Å². The molecule has 244 valence electrons. The summed E-state index contributed by atoms with van der Waals surface area (Å²) in [7, 11) is -4.13. The van der Waals surface area contributed by atoms with Gasteiger partial charge in [-0.1, -0.05) is 121 Å². The maximum Gasteiger partial charge on any atom is 0.445 e. The van der Waals surface area contributed by atoms with E-state index in [0.717, 1.165) is 49.2 Å². The van der Waals surface area contributed by atoms with E-state index in [1.807, 2.05) is 103 Å². The monoisotopic (exact) mass is 683 g/mol. The average molecular weight is 684 g/mol. The Morgan fingerprint density at radius 2 is 1.14 bits per heavy atom. The lowest BCUT2D eigenvalue weighted by atomic mass is 9.89. The summed E-state index contributed by atoms with van der Waals surface area (Å²) in [4.78, 5) is 12.4. The summed E-state index contributed by atoms with van der Waals surface area (Å²) in [6.07, 6.45) is 0. The lowest BCUT2D eigenvalue weighted by Gasteiger charge is -2.20. The van der Waals surface area contributed by atoms with Crippen LogP contribution in [-0.2, 0) is 4.57 Å². The molecule has 9 rings (SSSR count). The highest BCUT2D eigenvalue weighted by atomic mass is 31.2. The summed E-state index contributed by atoms with van der Waals surface area (Å²) in [5.74, 6) is -1.11. The summed E-state index contributed by atoms with van der Waals surface area (Å²) >= 11 is 0. The molecule has 1 atom stereocenters. The Balaban J connectivity index is 1.48. The predicted octanol–water partition coefficient (Wildman–Crippen LogP) is 10.9. The molecule has 1 unspecified atom stereocenters. The largest absolute Gasteiger partial charge is 0.445 e. The van der Waals surface area contributed by atoms with Crippen LogP contribution in [0.25, 0.3) is 65.5 Å². The van der Waals surface area contributed by atoms with E-state index < -0.39 is 23.8 Å². The van der Waals surface area contributed by atoms with Gasteiger partial charge in [-0.3, -0.25) is 10.1 Å². The minimum absolute atomic E-state index is 0.0217. The Bertz CT molecular complexity index is 2850. The highest BCUT2D eigenvalue weighted by molar-refractivity contribution is 7.86. The van der Waals surface area contributed by atoms with Crippen LogP contribution in [0.1, 0.15) is 0 Å². The normalized spacial score (nSPS) is 12.8. The summed E-state index contributed by atoms with van der Waals surface area (Å²) in [6.45, 7) is 0. The molecular formula is C44H27FNO4P. The Morgan fingerprint density at radius 3 is 1.82 bits per heavy atom. The van der Waals surface area contributed by atoms with E-state index >= 15 is 4.57 Å². The molecule has 9 aromatic rings. The van der Waals surface area contributed by atoms with E-state index in [2.05, 4.69) is 18.2 Å². The SMILES string of the molecule is O=[N+]([O-])c1oc2ccc3c(-c4ccccc4)cc4ccc5ccccc5c4c3c2c1P(=O)(c1ccc(F)cc1)c1ccc(-c2ccccc2)cc1. The van der Waals surface area contributed by atoms with Crippen molar-refractivity contribution in [3.05, 3.63) is 180 Å². The van der Waals surface area contributed by atoms with E-state index in [-0.39, 0.29) is 16.2 Å². The first-order chi connectivity index (χ1) is 24.9. The Kier molecular flexibility index (Phi) is 7.16. The lowest BCUT2D eigenvalue weighted by molar-refractivity contribution is -0.400. The van der Waals surface area contributed by atoms with Gasteiger partial charge in [0.15, 0.2) is 7.14 Å². The number of halogens is 1. The minimum atomic E-state index is -4.13. The quantitative estimate of drug-likeness (QED) is 0.0757. The fraction of sp³-hybridized carbons (Fsp3) is 0. The number of fused-ring (bicyclic) bond motifs is 7. The first-order valence-electron chi connectivity index (χ1n) is 16.5. The van der Waals surface area contributed by atoms with Crippen molar-refractivity contribution in [1.82, 2.24) is 0 Å². The zero-order valence-corrected chi connectivity index (χ0v) is 27.9. The molecule has 0 bridgehead atoms. The van der Waals surface area contributed by atoms with Crippen molar-refractivity contribution in [3.63, 3.8) is 0 Å². The molecule has 0 N–H and O–H groups in total. The molecule has 1 heterocycles. The molecule has 0 spiro atoms. The molecule has 1 aromatic heterocycles. The molecule has 0 fully saturated rings. The van der Waals surface area contributed by atoms with Gasteiger partial charge in [-0.25, -0.2) is 4.39 Å². The van der Waals surface area contributed by atoms with Crippen LogP contribution in [0.15, 0.2) is 168 Å². The molecule has 0 saturated heterocycles. The fourth-order valence-electron chi connectivity index (χ4n) is 7.39. The van der Waals surface area contributed by atoms with Crippen LogP contribution >= 0.6 is 7.14 Å². The van der Waals surface area contributed by atoms with Gasteiger partial charge in [0.05, 0.1) is 0 Å². The standard InChI is InChI=1S/C44H27FNO4P/c45-33-19-23-35(24-20-33)51(49,34-21-17-29(18-22-34)28-9-3-1-4-10-28)43-42-39(50-44(43)46(47)48)26-25-37-38(30-11-5-2-6-12-30)27-32-16-15-31-13-7-8-14-36(31)40(32)41(37)42/h1-27H. The maximum atomic E-state index is 16.3. The highest BCUT2D eigenvalue weighted by Crippen LogP contribution is 2.52. The number of benzene rings is 8. The van der Waals surface area contributed by atoms with Crippen molar-refractivity contribution in [1.29, 1.82) is 0 Å². The van der Waals surface area contributed by atoms with Crippen molar-refractivity contribution in [2.75, 3.05) is 0 Å². The number of hydrogen-bond donors (Lipinski definition) is 0. The second-order valence-electron chi connectivity index (χ2n) is 12.5. The average Bonchev–Trinajstić information content (AvgIpc) is 3.59. The molecule has 0 aliphatic carbocycles. The summed E-state index contributed by atoms with van der Waals surface area (Å²) in [5.41, 5.74) is 4.00. The molecule has 0 saturated carbocycles. The number of hydrogen-bond acceptors (Lipinski definition) is 4. The van der Waals surface area contributed by atoms with E-state index in [1.165, 1.54) is 24.3 Å². The van der Waals surface area contributed by atoms with Gasteiger partial charge in [0.1, 0.15) is 21.6 Å². The van der Waals surface area contributed by atoms with Gasteiger partial charge in [0.2, 0.25) is 0 Å². The molecule has 0 radical (unpaired) electrons. The van der Waals surface area contributed by atoms with Crippen molar-refractivity contribution >= 4 is 72.2 Å². The van der Waals surface area contributed by atoms with Gasteiger partial charge in [-0.05, 0) is 91.6 Å². The molecule has 8 aromatic carbocycles. The molecule has 0 amide bonds. The van der Waals surface area contributed by atoms with E-state index in [4.69, 9.17) is 4.42 Å². The van der Waals surface area contributed by atoms with Crippen molar-refractivity contribution in [3.8, 4) is 22.3 Å². The van der Waals surface area contributed by atoms with Gasteiger partial charge in [-0.2, -0.15) is 0 Å². The predicted molar refractivity (Wildman–Crippen MR) is 206 cm³/mol. The van der Waals surface area contributed by atoms with Gasteiger partial charge in [0, 0.05) is 21.4 Å². The van der Waals surface area contributed by atoms with Gasteiger partial charge in [-0.15, -0.1) is 0 Å². The van der Waals surface area contributed by atoms with E-state index in [0.29, 0.717) is 16.1 Å². The third kappa shape index (κ3) is 4.87. The third-order valence-electron chi connectivity index (χ3n) is 9.71. The minimum Gasteiger partial charge on any atom is -0.400 e. The number of furan rings is 1. The molecular weight excluding hydrogens is 656 g/mol. The smallest absolute Gasteiger partial charge is 0.400 e. The zero-order chi connectivity index (χ0) is 34.7. The van der Waals surface area contributed by atoms with Crippen LogP contribution in [-0.4, -0.2) is 4.92 Å². The molecule has 0 aliphatic rings. The maximum absolute atomic E-state index is 16.3. The lowest BCUT2D eigenvalue weighted by Crippen LogP contribution is -2.26. The van der Waals surface area contributed by atoms with Gasteiger partial charge >= 0.3 is 5.88 Å². The Morgan fingerprint density at radius 1 is 0.549 bits per heavy atom. The van der Waals surface area contributed by atoms with Crippen LogP contribution in [0.3, 0.4) is 0 Å². The first kappa shape index (κ1) is 30.7. The van der Waals surface area contributed by atoms with Crippen LogP contribution in [0.4, 0.5) is 10.3 Å². The molecule has 5 nitrogen and oxygen atoms in total. The third-order valence-corrected chi connectivity index (χ3v) is 12.8. The number of nitrogens with zero attached hydrogens (tertiary/aromatic N) is 1. The van der Waals surface area contributed by atoms with Crippen LogP contribution in [0, 0.1) is 15.9 Å². The summed E-state index contributed by atoms with van der Waals surface area (Å²) < 4.78 is 36.9. The highest BCUT2D eigenvalue weighted by Gasteiger charge is 2.42. The number of nitro groups is 1. The van der Waals surface area contributed by atoms with Crippen LogP contribution in [0.5, 0.6) is 0 Å². The fourth-order valence-corrected chi connectivity index (χ4v) is 10.3. The summed E-state index contributed by atoms with van der Waals surface area (Å²) in [5, 5.41) is 19.3. The topological polar surface area (TPSA) is 73.3 Å². The van der Waals surface area contributed by atoms with Gasteiger partial charge in [0.25, 0.3) is 0 Å². The second-order valence-corrected chi connectivity index (χ2v) is 15.2. The summed E-state index contributed by atoms with van der Waals surface area (Å²) in [6, 6.07) is 50.3. The first-order valence-corrected chi connectivity index (χ1v) is 18.2. The van der Waals surface area contributed by atoms with Crippen molar-refractivity contribution < 1.29 is 18.3 Å². The number of rotatable bonds is 6. The second kappa shape index (κ2) is 11.9. The van der Waals surface area contributed by atoms with E-state index in [9.17, 15) is 14.5 Å². The molecule has 7 heteroatoms. The van der Waals surface area contributed by atoms with Crippen LogP contribution in [0.2, 0.25) is 0 Å². The Labute approximate surface area is 291 Å². The van der Waals surface area contributed by atoms with Crippen molar-refractivity contribution in [2.24, 2.45) is 0 Å².